The van der Waals surface area contributed by atoms with Crippen molar-refractivity contribution >= 4 is 34.6 Å². The molecule has 2 rings (SSSR count). The van der Waals surface area contributed by atoms with Crippen molar-refractivity contribution in [1.82, 2.24) is 16.2 Å². The van der Waals surface area contributed by atoms with Crippen LogP contribution in [0.5, 0.6) is 0 Å². The van der Waals surface area contributed by atoms with Gasteiger partial charge in [0.1, 0.15) is 0 Å². The Balaban J connectivity index is 1.77. The number of benzene rings is 1. The second kappa shape index (κ2) is 8.50. The highest BCUT2D eigenvalue weighted by Crippen LogP contribution is 2.15. The molecule has 0 unspecified atom stereocenters. The summed E-state index contributed by atoms with van der Waals surface area (Å²) in [4.78, 5) is 11.1. The van der Waals surface area contributed by atoms with Gasteiger partial charge in [-0.2, -0.15) is 0 Å². The van der Waals surface area contributed by atoms with Gasteiger partial charge in [-0.1, -0.05) is 18.7 Å². The molecule has 1 aliphatic heterocycles. The minimum atomic E-state index is -0.113. The molecule has 1 aliphatic rings. The normalized spacial score (nSPS) is 16.5. The van der Waals surface area contributed by atoms with E-state index in [0.717, 1.165) is 30.7 Å². The lowest BCUT2D eigenvalue weighted by Gasteiger charge is -2.16. The van der Waals surface area contributed by atoms with Crippen molar-refractivity contribution in [3.05, 3.63) is 36.4 Å². The van der Waals surface area contributed by atoms with Gasteiger partial charge in [0, 0.05) is 31.3 Å². The lowest BCUT2D eigenvalue weighted by molar-refractivity contribution is -0.114. The van der Waals surface area contributed by atoms with Crippen LogP contribution in [-0.4, -0.2) is 30.3 Å². The highest BCUT2D eigenvalue weighted by molar-refractivity contribution is 7.80. The summed E-state index contributed by atoms with van der Waals surface area (Å²) >= 11 is 5.20. The second-order valence-electron chi connectivity index (χ2n) is 5.34. The van der Waals surface area contributed by atoms with E-state index in [0.29, 0.717) is 17.4 Å². The Labute approximate surface area is 141 Å². The van der Waals surface area contributed by atoms with Gasteiger partial charge < -0.3 is 15.4 Å². The highest BCUT2D eigenvalue weighted by atomic mass is 32.1. The van der Waals surface area contributed by atoms with E-state index in [4.69, 9.17) is 17.0 Å². The lowest BCUT2D eigenvalue weighted by Crippen LogP contribution is -2.45. The first-order chi connectivity index (χ1) is 11.0. The third kappa shape index (κ3) is 5.88. The zero-order valence-corrected chi connectivity index (χ0v) is 14.0. The molecule has 0 spiro atoms. The molecule has 0 saturated carbocycles. The topological polar surface area (TPSA) is 74.4 Å². The highest BCUT2D eigenvalue weighted by Gasteiger charge is 2.15. The number of nitrogens with one attached hydrogen (secondary N) is 4. The van der Waals surface area contributed by atoms with Gasteiger partial charge in [0.2, 0.25) is 5.91 Å². The molecule has 4 N–H and O–H groups in total. The van der Waals surface area contributed by atoms with E-state index in [9.17, 15) is 4.79 Å². The maximum absolute atomic E-state index is 11.1. The number of thiocarbonyl (C=S) groups is 1. The van der Waals surface area contributed by atoms with Crippen molar-refractivity contribution in [2.75, 3.05) is 18.5 Å². The number of hydrogen-bond donors (Lipinski definition) is 4. The lowest BCUT2D eigenvalue weighted by atomic mass is 10.1. The van der Waals surface area contributed by atoms with Crippen LogP contribution in [0.1, 0.15) is 25.3 Å². The van der Waals surface area contributed by atoms with Crippen molar-refractivity contribution in [2.24, 2.45) is 0 Å². The summed E-state index contributed by atoms with van der Waals surface area (Å²) in [5, 5.41) is 6.33. The van der Waals surface area contributed by atoms with Crippen molar-refractivity contribution in [3.8, 4) is 0 Å². The fourth-order valence-electron chi connectivity index (χ4n) is 2.25. The molecule has 6 nitrogen and oxygen atoms in total. The number of rotatable bonds is 6. The molecule has 1 fully saturated rings. The van der Waals surface area contributed by atoms with Gasteiger partial charge >= 0.3 is 0 Å². The van der Waals surface area contributed by atoms with Gasteiger partial charge in [-0.15, -0.1) is 0 Å². The third-order valence-corrected chi connectivity index (χ3v) is 3.62. The summed E-state index contributed by atoms with van der Waals surface area (Å²) in [5.41, 5.74) is 8.07. The van der Waals surface area contributed by atoms with Crippen LogP contribution in [0.3, 0.4) is 0 Å². The molecule has 124 valence electrons. The van der Waals surface area contributed by atoms with Gasteiger partial charge in [0.25, 0.3) is 0 Å². The quantitative estimate of drug-likeness (QED) is 0.469. The molecule has 1 atom stereocenters. The Morgan fingerprint density at radius 1 is 1.43 bits per heavy atom. The molecule has 0 aliphatic carbocycles. The Morgan fingerprint density at radius 3 is 2.96 bits per heavy atom. The van der Waals surface area contributed by atoms with Crippen LogP contribution >= 0.6 is 12.2 Å². The number of ether oxygens (including phenoxy) is 1. The monoisotopic (exact) mass is 334 g/mol. The first-order valence-electron chi connectivity index (χ1n) is 7.53. The number of carbonyl (C=O) groups is 1. The van der Waals surface area contributed by atoms with E-state index in [1.165, 1.54) is 6.92 Å². The van der Waals surface area contributed by atoms with Crippen LogP contribution in [0.25, 0.3) is 5.70 Å². The first kappa shape index (κ1) is 17.2. The van der Waals surface area contributed by atoms with Crippen LogP contribution in [0.2, 0.25) is 0 Å². The van der Waals surface area contributed by atoms with Gasteiger partial charge in [-0.25, -0.2) is 0 Å². The van der Waals surface area contributed by atoms with Crippen LogP contribution in [0, 0.1) is 0 Å². The van der Waals surface area contributed by atoms with E-state index >= 15 is 0 Å². The molecular formula is C16H22N4O2S. The second-order valence-corrected chi connectivity index (χ2v) is 5.74. The Morgan fingerprint density at radius 2 is 2.26 bits per heavy atom. The van der Waals surface area contributed by atoms with Gasteiger partial charge in [0.15, 0.2) is 5.11 Å². The van der Waals surface area contributed by atoms with Gasteiger partial charge in [-0.05, 0) is 37.2 Å². The molecule has 7 heteroatoms. The Bertz CT molecular complexity index is 585. The standard InChI is InChI=1S/C16H22N4O2S/c1-11(13-5-3-6-14(9-13)18-12(2)21)19-20-16(23)17-10-15-7-4-8-22-15/h3,5-6,9,15,19H,1,4,7-8,10H2,2H3,(H,18,21)(H2,17,20,23)/t15-/m0/s1. The van der Waals surface area contributed by atoms with E-state index < -0.39 is 0 Å². The van der Waals surface area contributed by atoms with E-state index in [1.807, 2.05) is 24.3 Å². The SMILES string of the molecule is C=C(NNC(=S)NC[C@@H]1CCCO1)c1cccc(NC(C)=O)c1. The largest absolute Gasteiger partial charge is 0.376 e. The Kier molecular flexibility index (Phi) is 6.37. The van der Waals surface area contributed by atoms with Crippen LogP contribution in [-0.2, 0) is 9.53 Å². The molecule has 0 radical (unpaired) electrons. The summed E-state index contributed by atoms with van der Waals surface area (Å²) in [5.74, 6) is -0.113. The molecule has 1 heterocycles. The smallest absolute Gasteiger partial charge is 0.221 e. The van der Waals surface area contributed by atoms with E-state index in [-0.39, 0.29) is 12.0 Å². The number of amides is 1. The minimum Gasteiger partial charge on any atom is -0.376 e. The summed E-state index contributed by atoms with van der Waals surface area (Å²) in [6.07, 6.45) is 2.39. The molecular weight excluding hydrogens is 312 g/mol. The van der Waals surface area contributed by atoms with E-state index in [2.05, 4.69) is 28.1 Å². The third-order valence-electron chi connectivity index (χ3n) is 3.37. The van der Waals surface area contributed by atoms with Crippen LogP contribution in [0.15, 0.2) is 30.8 Å². The summed E-state index contributed by atoms with van der Waals surface area (Å²) < 4.78 is 5.52. The molecule has 0 bridgehead atoms. The summed E-state index contributed by atoms with van der Waals surface area (Å²) in [7, 11) is 0. The maximum Gasteiger partial charge on any atom is 0.221 e. The predicted molar refractivity (Wildman–Crippen MR) is 95.6 cm³/mol. The van der Waals surface area contributed by atoms with Gasteiger partial charge in [-0.3, -0.25) is 15.6 Å². The molecule has 1 amide bonds. The number of hydrogen-bond acceptors (Lipinski definition) is 4. The number of anilines is 1. The van der Waals surface area contributed by atoms with Crippen LogP contribution in [0.4, 0.5) is 5.69 Å². The zero-order valence-electron chi connectivity index (χ0n) is 13.1. The molecule has 1 saturated heterocycles. The Hall–Kier alpha value is -2.12. The fraction of sp³-hybridized carbons (Fsp3) is 0.375. The number of hydrazine groups is 1. The first-order valence-corrected chi connectivity index (χ1v) is 7.94. The van der Waals surface area contributed by atoms with Crippen LogP contribution < -0.4 is 21.5 Å². The van der Waals surface area contributed by atoms with Crippen molar-refractivity contribution in [2.45, 2.75) is 25.9 Å². The van der Waals surface area contributed by atoms with Crippen molar-refractivity contribution in [3.63, 3.8) is 0 Å². The zero-order chi connectivity index (χ0) is 16.7. The van der Waals surface area contributed by atoms with Crippen molar-refractivity contribution in [1.29, 1.82) is 0 Å². The average Bonchev–Trinajstić information content (AvgIpc) is 3.03. The minimum absolute atomic E-state index is 0.113. The average molecular weight is 334 g/mol. The predicted octanol–water partition coefficient (Wildman–Crippen LogP) is 1.76. The van der Waals surface area contributed by atoms with E-state index in [1.54, 1.807) is 0 Å². The summed E-state index contributed by atoms with van der Waals surface area (Å²) in [6, 6.07) is 7.40. The molecule has 23 heavy (non-hydrogen) atoms. The summed E-state index contributed by atoms with van der Waals surface area (Å²) in [6.45, 7) is 6.95. The number of carbonyl (C=O) groups excluding carboxylic acids is 1. The molecule has 0 aromatic heterocycles. The van der Waals surface area contributed by atoms with Gasteiger partial charge in [0.05, 0.1) is 11.8 Å². The molecule has 1 aromatic carbocycles. The fourth-order valence-corrected chi connectivity index (χ4v) is 2.38. The maximum atomic E-state index is 11.1. The van der Waals surface area contributed by atoms with Crippen molar-refractivity contribution < 1.29 is 9.53 Å². The molecule has 1 aromatic rings.